The van der Waals surface area contributed by atoms with Crippen LogP contribution in [0, 0.1) is 11.3 Å². The molecule has 0 amide bonds. The second-order valence-corrected chi connectivity index (χ2v) is 7.67. The van der Waals surface area contributed by atoms with Crippen molar-refractivity contribution in [2.45, 2.75) is 52.1 Å². The standard InChI is InChI=1S/C16H22BrClO/c1-16(2)8-4-3-5-13(16)15(19)9-11-6-7-12(17)10-14(11)18/h6-7,10,13,15,19H,3-5,8-9H2,1-2H3. The first-order valence-electron chi connectivity index (χ1n) is 7.02. The van der Waals surface area contributed by atoms with Crippen LogP contribution in [0.3, 0.4) is 0 Å². The minimum absolute atomic E-state index is 0.236. The molecule has 1 aliphatic rings. The van der Waals surface area contributed by atoms with E-state index in [4.69, 9.17) is 11.6 Å². The first-order valence-corrected chi connectivity index (χ1v) is 8.19. The van der Waals surface area contributed by atoms with E-state index in [1.807, 2.05) is 18.2 Å². The minimum Gasteiger partial charge on any atom is -0.392 e. The van der Waals surface area contributed by atoms with Crippen molar-refractivity contribution in [2.75, 3.05) is 0 Å². The Balaban J connectivity index is 2.09. The van der Waals surface area contributed by atoms with Crippen LogP contribution >= 0.6 is 27.5 Å². The molecule has 0 aromatic heterocycles. The third-order valence-corrected chi connectivity index (χ3v) is 5.34. The van der Waals surface area contributed by atoms with Crippen LogP contribution in [0.15, 0.2) is 22.7 Å². The van der Waals surface area contributed by atoms with E-state index in [9.17, 15) is 5.11 Å². The van der Waals surface area contributed by atoms with Crippen molar-refractivity contribution >= 4 is 27.5 Å². The van der Waals surface area contributed by atoms with E-state index in [-0.39, 0.29) is 11.5 Å². The lowest BCUT2D eigenvalue weighted by Crippen LogP contribution is -2.37. The van der Waals surface area contributed by atoms with Crippen molar-refractivity contribution in [2.24, 2.45) is 11.3 Å². The van der Waals surface area contributed by atoms with Gasteiger partial charge >= 0.3 is 0 Å². The van der Waals surface area contributed by atoms with Gasteiger partial charge in [-0.2, -0.15) is 0 Å². The average molecular weight is 346 g/mol. The Kier molecular flexibility index (Phi) is 4.97. The minimum atomic E-state index is -0.297. The average Bonchev–Trinajstić information content (AvgIpc) is 2.32. The lowest BCUT2D eigenvalue weighted by molar-refractivity contribution is 0.00581. The van der Waals surface area contributed by atoms with Crippen molar-refractivity contribution in [3.05, 3.63) is 33.3 Å². The fourth-order valence-electron chi connectivity index (χ4n) is 3.29. The number of halogens is 2. The van der Waals surface area contributed by atoms with Gasteiger partial charge in [0.2, 0.25) is 0 Å². The predicted molar refractivity (Wildman–Crippen MR) is 84.6 cm³/mol. The summed E-state index contributed by atoms with van der Waals surface area (Å²) in [5.41, 5.74) is 1.28. The summed E-state index contributed by atoms with van der Waals surface area (Å²) in [6, 6.07) is 5.89. The van der Waals surface area contributed by atoms with Crippen molar-refractivity contribution < 1.29 is 5.11 Å². The zero-order valence-electron chi connectivity index (χ0n) is 11.6. The molecule has 1 aromatic carbocycles. The molecule has 1 aromatic rings. The first kappa shape index (κ1) is 15.3. The van der Waals surface area contributed by atoms with E-state index < -0.39 is 0 Å². The van der Waals surface area contributed by atoms with Gasteiger partial charge in [-0.3, -0.25) is 0 Å². The number of aliphatic hydroxyl groups is 1. The maximum Gasteiger partial charge on any atom is 0.0614 e. The molecule has 1 aliphatic carbocycles. The van der Waals surface area contributed by atoms with Gasteiger partial charge in [0.25, 0.3) is 0 Å². The molecule has 1 saturated carbocycles. The molecule has 1 nitrogen and oxygen atoms in total. The molecular weight excluding hydrogens is 324 g/mol. The van der Waals surface area contributed by atoms with Crippen LogP contribution in [0.25, 0.3) is 0 Å². The third-order valence-electron chi connectivity index (χ3n) is 4.50. The molecule has 0 aliphatic heterocycles. The van der Waals surface area contributed by atoms with E-state index in [1.165, 1.54) is 19.3 Å². The van der Waals surface area contributed by atoms with Gasteiger partial charge in [0, 0.05) is 15.9 Å². The molecule has 1 fully saturated rings. The summed E-state index contributed by atoms with van der Waals surface area (Å²) < 4.78 is 0.980. The summed E-state index contributed by atoms with van der Waals surface area (Å²) in [4.78, 5) is 0. The van der Waals surface area contributed by atoms with Gasteiger partial charge in [-0.05, 0) is 41.9 Å². The number of rotatable bonds is 3. The largest absolute Gasteiger partial charge is 0.392 e. The summed E-state index contributed by atoms with van der Waals surface area (Å²) in [7, 11) is 0. The van der Waals surface area contributed by atoms with E-state index in [0.717, 1.165) is 21.5 Å². The van der Waals surface area contributed by atoms with Gasteiger partial charge in [0.15, 0.2) is 0 Å². The van der Waals surface area contributed by atoms with E-state index in [2.05, 4.69) is 29.8 Å². The lowest BCUT2D eigenvalue weighted by atomic mass is 9.66. The smallest absolute Gasteiger partial charge is 0.0614 e. The summed E-state index contributed by atoms with van der Waals surface area (Å²) in [6.07, 6.45) is 5.22. The Morgan fingerprint density at radius 3 is 2.79 bits per heavy atom. The van der Waals surface area contributed by atoms with E-state index in [0.29, 0.717) is 12.3 Å². The molecule has 0 radical (unpaired) electrons. The van der Waals surface area contributed by atoms with Gasteiger partial charge in [-0.15, -0.1) is 0 Å². The van der Waals surface area contributed by atoms with Crippen molar-refractivity contribution in [3.8, 4) is 0 Å². The maximum absolute atomic E-state index is 10.6. The molecule has 2 atom stereocenters. The van der Waals surface area contributed by atoms with Crippen molar-refractivity contribution in [1.82, 2.24) is 0 Å². The highest BCUT2D eigenvalue weighted by molar-refractivity contribution is 9.10. The molecule has 106 valence electrons. The Bertz CT molecular complexity index is 444. The monoisotopic (exact) mass is 344 g/mol. The predicted octanol–water partition coefficient (Wildman–Crippen LogP) is 5.22. The number of benzene rings is 1. The van der Waals surface area contributed by atoms with Crippen LogP contribution in [-0.4, -0.2) is 11.2 Å². The van der Waals surface area contributed by atoms with Gasteiger partial charge in [-0.1, -0.05) is 60.3 Å². The van der Waals surface area contributed by atoms with Gasteiger partial charge < -0.3 is 5.11 Å². The zero-order chi connectivity index (χ0) is 14.0. The number of hydrogen-bond acceptors (Lipinski definition) is 1. The van der Waals surface area contributed by atoms with Crippen LogP contribution < -0.4 is 0 Å². The van der Waals surface area contributed by atoms with Crippen LogP contribution in [0.2, 0.25) is 5.02 Å². The van der Waals surface area contributed by atoms with Crippen LogP contribution in [0.5, 0.6) is 0 Å². The summed E-state index contributed by atoms with van der Waals surface area (Å²) in [5.74, 6) is 0.376. The molecule has 0 spiro atoms. The quantitative estimate of drug-likeness (QED) is 0.796. The highest BCUT2D eigenvalue weighted by Crippen LogP contribution is 2.43. The Morgan fingerprint density at radius 2 is 2.16 bits per heavy atom. The molecule has 3 heteroatoms. The van der Waals surface area contributed by atoms with Crippen LogP contribution in [0.1, 0.15) is 45.1 Å². The Labute approximate surface area is 129 Å². The van der Waals surface area contributed by atoms with E-state index in [1.54, 1.807) is 0 Å². The third kappa shape index (κ3) is 3.74. The second kappa shape index (κ2) is 6.15. The molecule has 0 bridgehead atoms. The topological polar surface area (TPSA) is 20.2 Å². The molecule has 19 heavy (non-hydrogen) atoms. The van der Waals surface area contributed by atoms with Crippen LogP contribution in [-0.2, 0) is 6.42 Å². The summed E-state index contributed by atoms with van der Waals surface area (Å²) in [5, 5.41) is 11.3. The Morgan fingerprint density at radius 1 is 1.42 bits per heavy atom. The fourth-order valence-corrected chi connectivity index (χ4v) is 4.04. The lowest BCUT2D eigenvalue weighted by Gasteiger charge is -2.41. The molecule has 2 unspecified atom stereocenters. The van der Waals surface area contributed by atoms with Crippen molar-refractivity contribution in [3.63, 3.8) is 0 Å². The first-order chi connectivity index (χ1) is 8.90. The van der Waals surface area contributed by atoms with E-state index >= 15 is 0 Å². The molecule has 0 saturated heterocycles. The molecule has 1 N–H and O–H groups in total. The fraction of sp³-hybridized carbons (Fsp3) is 0.625. The molecule has 2 rings (SSSR count). The van der Waals surface area contributed by atoms with Gasteiger partial charge in [0.1, 0.15) is 0 Å². The highest BCUT2D eigenvalue weighted by atomic mass is 79.9. The highest BCUT2D eigenvalue weighted by Gasteiger charge is 2.36. The van der Waals surface area contributed by atoms with Crippen molar-refractivity contribution in [1.29, 1.82) is 0 Å². The second-order valence-electron chi connectivity index (χ2n) is 6.35. The molecule has 0 heterocycles. The van der Waals surface area contributed by atoms with Crippen LogP contribution in [0.4, 0.5) is 0 Å². The summed E-state index contributed by atoms with van der Waals surface area (Å²) in [6.45, 7) is 4.56. The number of hydrogen-bond donors (Lipinski definition) is 1. The number of aliphatic hydroxyl groups excluding tert-OH is 1. The zero-order valence-corrected chi connectivity index (χ0v) is 14.0. The van der Waals surface area contributed by atoms with Gasteiger partial charge in [0.05, 0.1) is 6.10 Å². The normalized spacial score (nSPS) is 24.2. The van der Waals surface area contributed by atoms with Gasteiger partial charge in [-0.25, -0.2) is 0 Å². The SMILES string of the molecule is CC1(C)CCCCC1C(O)Cc1ccc(Br)cc1Cl. The Hall–Kier alpha value is -0.0500. The summed E-state index contributed by atoms with van der Waals surface area (Å²) >= 11 is 9.65. The molecular formula is C16H22BrClO. The maximum atomic E-state index is 10.6.